The Kier molecular flexibility index (Phi) is 7.99. The van der Waals surface area contributed by atoms with Crippen LogP contribution in [0.5, 0.6) is 0 Å². The van der Waals surface area contributed by atoms with Crippen LogP contribution in [-0.4, -0.2) is 22.3 Å². The highest BCUT2D eigenvalue weighted by Gasteiger charge is 2.18. The second-order valence-electron chi connectivity index (χ2n) is 6.59. The van der Waals surface area contributed by atoms with Crippen LogP contribution >= 0.6 is 12.4 Å². The van der Waals surface area contributed by atoms with Gasteiger partial charge in [0.2, 0.25) is 0 Å². The van der Waals surface area contributed by atoms with Crippen LogP contribution in [0.15, 0.2) is 46.9 Å². The lowest BCUT2D eigenvalue weighted by Gasteiger charge is -2.03. The predicted molar refractivity (Wildman–Crippen MR) is 116 cm³/mol. The van der Waals surface area contributed by atoms with Crippen LogP contribution in [0.2, 0.25) is 0 Å². The molecule has 0 aromatic carbocycles. The molecule has 0 bridgehead atoms. The first-order valence-electron chi connectivity index (χ1n) is 9.74. The molecule has 4 nitrogen and oxygen atoms in total. The molecule has 0 saturated heterocycles. The topological polar surface area (TPSA) is 53.2 Å². The van der Waals surface area contributed by atoms with Crippen LogP contribution in [0.1, 0.15) is 62.7 Å². The molecule has 0 unspecified atom stereocenters. The average Bonchev–Trinajstić information content (AvgIpc) is 3.36. The van der Waals surface area contributed by atoms with Crippen molar-refractivity contribution in [2.45, 2.75) is 52.9 Å². The summed E-state index contributed by atoms with van der Waals surface area (Å²) >= 11 is 0. The highest BCUT2D eigenvalue weighted by Crippen LogP contribution is 2.26. The third-order valence-corrected chi connectivity index (χ3v) is 4.64. The van der Waals surface area contributed by atoms with Crippen LogP contribution in [0.3, 0.4) is 0 Å². The summed E-state index contributed by atoms with van der Waals surface area (Å²) in [7, 11) is 0. The minimum atomic E-state index is 0. The maximum absolute atomic E-state index is 5.81. The second kappa shape index (κ2) is 10.2. The Morgan fingerprint density at radius 1 is 1.19 bits per heavy atom. The van der Waals surface area contributed by atoms with Gasteiger partial charge in [0.05, 0.1) is 18.0 Å². The first-order valence-corrected chi connectivity index (χ1v) is 9.74. The molecule has 0 spiro atoms. The van der Waals surface area contributed by atoms with Gasteiger partial charge in [0, 0.05) is 23.7 Å². The quantitative estimate of drug-likeness (QED) is 0.523. The van der Waals surface area contributed by atoms with E-state index >= 15 is 0 Å². The average molecular weight is 388 g/mol. The van der Waals surface area contributed by atoms with Crippen molar-refractivity contribution >= 4 is 24.2 Å². The van der Waals surface area contributed by atoms with Crippen LogP contribution in [-0.2, 0) is 17.6 Å². The molecule has 0 aliphatic carbocycles. The van der Waals surface area contributed by atoms with Crippen molar-refractivity contribution < 1.29 is 4.74 Å². The Morgan fingerprint density at radius 3 is 2.70 bits per heavy atom. The van der Waals surface area contributed by atoms with E-state index in [1.54, 1.807) is 0 Å². The zero-order chi connectivity index (χ0) is 18.4. The smallest absolute Gasteiger partial charge is 0.147 e. The van der Waals surface area contributed by atoms with E-state index in [4.69, 9.17) is 9.73 Å². The number of nitrogens with zero attached hydrogens (tertiary/aromatic N) is 1. The molecule has 1 aliphatic rings. The SMILES string of the molecule is CCCCCc1cc(C=C2N=C(c3ccc[nH]3)C=C2OCC)[nH]c1CC.Cl. The minimum absolute atomic E-state index is 0. The fourth-order valence-corrected chi connectivity index (χ4v) is 3.31. The van der Waals surface area contributed by atoms with E-state index in [1.807, 2.05) is 31.3 Å². The van der Waals surface area contributed by atoms with Gasteiger partial charge in [0.25, 0.3) is 0 Å². The zero-order valence-corrected chi connectivity index (χ0v) is 17.3. The largest absolute Gasteiger partial charge is 0.492 e. The van der Waals surface area contributed by atoms with E-state index in [2.05, 4.69) is 36.0 Å². The lowest BCUT2D eigenvalue weighted by Crippen LogP contribution is -1.94. The summed E-state index contributed by atoms with van der Waals surface area (Å²) in [5.41, 5.74) is 6.66. The highest BCUT2D eigenvalue weighted by atomic mass is 35.5. The van der Waals surface area contributed by atoms with Crippen molar-refractivity contribution in [1.29, 1.82) is 0 Å². The van der Waals surface area contributed by atoms with E-state index < -0.39 is 0 Å². The summed E-state index contributed by atoms with van der Waals surface area (Å²) in [6.45, 7) is 7.08. The van der Waals surface area contributed by atoms with E-state index in [-0.39, 0.29) is 12.4 Å². The molecule has 0 atom stereocenters. The molecular formula is C22H30ClN3O. The number of allylic oxidation sites excluding steroid dienone is 1. The molecule has 2 aromatic rings. The van der Waals surface area contributed by atoms with Crippen molar-refractivity contribution in [1.82, 2.24) is 9.97 Å². The number of hydrogen-bond acceptors (Lipinski definition) is 2. The molecule has 0 fully saturated rings. The molecule has 2 N–H and O–H groups in total. The minimum Gasteiger partial charge on any atom is -0.492 e. The molecule has 3 rings (SSSR count). The number of aromatic amines is 2. The third kappa shape index (κ3) is 5.16. The molecule has 27 heavy (non-hydrogen) atoms. The fraction of sp³-hybridized carbons (Fsp3) is 0.409. The van der Waals surface area contributed by atoms with Crippen molar-refractivity contribution in [3.05, 3.63) is 64.6 Å². The Balaban J connectivity index is 0.00000261. The number of halogens is 1. The van der Waals surface area contributed by atoms with Gasteiger partial charge in [-0.3, -0.25) is 0 Å². The van der Waals surface area contributed by atoms with Gasteiger partial charge >= 0.3 is 0 Å². The molecule has 5 heteroatoms. The van der Waals surface area contributed by atoms with Crippen LogP contribution in [0.25, 0.3) is 6.08 Å². The van der Waals surface area contributed by atoms with E-state index in [9.17, 15) is 0 Å². The highest BCUT2D eigenvalue weighted by molar-refractivity contribution is 6.11. The summed E-state index contributed by atoms with van der Waals surface area (Å²) in [5.74, 6) is 0.831. The van der Waals surface area contributed by atoms with Gasteiger partial charge in [-0.15, -0.1) is 12.4 Å². The van der Waals surface area contributed by atoms with Crippen molar-refractivity contribution in [2.75, 3.05) is 6.61 Å². The first-order chi connectivity index (χ1) is 12.7. The third-order valence-electron chi connectivity index (χ3n) is 4.64. The molecule has 1 aliphatic heterocycles. The van der Waals surface area contributed by atoms with Crippen LogP contribution in [0, 0.1) is 0 Å². The van der Waals surface area contributed by atoms with Crippen molar-refractivity contribution in [3.8, 4) is 0 Å². The lowest BCUT2D eigenvalue weighted by atomic mass is 10.1. The van der Waals surface area contributed by atoms with Gasteiger partial charge in [0.1, 0.15) is 11.5 Å². The molecule has 0 amide bonds. The molecule has 0 radical (unpaired) electrons. The number of H-pyrrole nitrogens is 2. The molecule has 3 heterocycles. The molecular weight excluding hydrogens is 358 g/mol. The fourth-order valence-electron chi connectivity index (χ4n) is 3.31. The second-order valence-corrected chi connectivity index (χ2v) is 6.59. The van der Waals surface area contributed by atoms with Gasteiger partial charge in [-0.2, -0.15) is 0 Å². The summed E-state index contributed by atoms with van der Waals surface area (Å²) in [4.78, 5) is 11.5. The first kappa shape index (κ1) is 21.1. The molecule has 146 valence electrons. The number of aromatic nitrogens is 2. The maximum Gasteiger partial charge on any atom is 0.147 e. The summed E-state index contributed by atoms with van der Waals surface area (Å²) in [5, 5.41) is 0. The van der Waals surface area contributed by atoms with Crippen molar-refractivity contribution in [2.24, 2.45) is 4.99 Å². The number of aryl methyl sites for hydroxylation is 2. The molecule has 0 saturated carbocycles. The Hall–Kier alpha value is -2.20. The Labute approximate surface area is 168 Å². The summed E-state index contributed by atoms with van der Waals surface area (Å²) in [6.07, 6.45) is 12.0. The number of aliphatic imine (C=N–C) groups is 1. The standard InChI is InChI=1S/C22H29N3O.ClH/c1-4-7-8-10-16-13-17(24-18(16)5-2)14-21-22(26-6-3)15-20(25-21)19-11-9-12-23-19;/h9,11-15,23-24H,4-8,10H2,1-3H3;1H. The normalized spacial score (nSPS) is 14.9. The summed E-state index contributed by atoms with van der Waals surface area (Å²) in [6, 6.07) is 6.28. The van der Waals surface area contributed by atoms with Gasteiger partial charge in [0.15, 0.2) is 0 Å². The van der Waals surface area contributed by atoms with Gasteiger partial charge in [-0.05, 0) is 56.0 Å². The monoisotopic (exact) mass is 387 g/mol. The van der Waals surface area contributed by atoms with Gasteiger partial charge < -0.3 is 14.7 Å². The van der Waals surface area contributed by atoms with E-state index in [0.29, 0.717) is 6.61 Å². The maximum atomic E-state index is 5.81. The van der Waals surface area contributed by atoms with Gasteiger partial charge in [-0.25, -0.2) is 4.99 Å². The zero-order valence-electron chi connectivity index (χ0n) is 16.5. The number of nitrogens with one attached hydrogen (secondary N) is 2. The lowest BCUT2D eigenvalue weighted by molar-refractivity contribution is 0.239. The van der Waals surface area contributed by atoms with Crippen LogP contribution in [0.4, 0.5) is 0 Å². The number of ether oxygens (including phenoxy) is 1. The number of rotatable bonds is 9. The Bertz CT molecular complexity index is 813. The summed E-state index contributed by atoms with van der Waals surface area (Å²) < 4.78 is 5.81. The van der Waals surface area contributed by atoms with Gasteiger partial charge in [-0.1, -0.05) is 26.7 Å². The van der Waals surface area contributed by atoms with Crippen molar-refractivity contribution in [3.63, 3.8) is 0 Å². The number of hydrogen-bond donors (Lipinski definition) is 2. The van der Waals surface area contributed by atoms with E-state index in [0.717, 1.165) is 41.4 Å². The molecule has 2 aromatic heterocycles. The Morgan fingerprint density at radius 2 is 2.04 bits per heavy atom. The number of unbranched alkanes of at least 4 members (excludes halogenated alkanes) is 2. The van der Waals surface area contributed by atoms with E-state index in [1.165, 1.54) is 30.5 Å². The van der Waals surface area contributed by atoms with Crippen LogP contribution < -0.4 is 0 Å². The predicted octanol–water partition coefficient (Wildman–Crippen LogP) is 5.82.